The maximum atomic E-state index is 14.2. The van der Waals surface area contributed by atoms with Gasteiger partial charge in [0.05, 0.1) is 24.3 Å². The highest BCUT2D eigenvalue weighted by Gasteiger charge is 2.29. The minimum absolute atomic E-state index is 0.107. The number of anilines is 1. The number of hydrogen-bond acceptors (Lipinski definition) is 7. The molecule has 0 saturated heterocycles. The predicted molar refractivity (Wildman–Crippen MR) is 104 cm³/mol. The zero-order chi connectivity index (χ0) is 21.4. The minimum Gasteiger partial charge on any atom is -0.374 e. The third-order valence-electron chi connectivity index (χ3n) is 4.82. The van der Waals surface area contributed by atoms with E-state index in [1.165, 1.54) is 35.3 Å². The molecular weight excluding hydrogens is 416 g/mol. The molecule has 1 aromatic carbocycles. The Hall–Kier alpha value is -3.41. The summed E-state index contributed by atoms with van der Waals surface area (Å²) in [5.74, 6) is -3.21. The number of fused-ring (bicyclic) bond motifs is 1. The van der Waals surface area contributed by atoms with Crippen LogP contribution in [-0.4, -0.2) is 43.7 Å². The molecule has 30 heavy (non-hydrogen) atoms. The Morgan fingerprint density at radius 2 is 2.10 bits per heavy atom. The van der Waals surface area contributed by atoms with Crippen LogP contribution in [0.4, 0.5) is 13.9 Å². The lowest BCUT2D eigenvalue weighted by Crippen LogP contribution is -2.37. The average Bonchev–Trinajstić information content (AvgIpc) is 3.35. The van der Waals surface area contributed by atoms with Crippen molar-refractivity contribution < 1.29 is 18.4 Å². The van der Waals surface area contributed by atoms with E-state index in [4.69, 9.17) is 5.73 Å². The van der Waals surface area contributed by atoms with Crippen molar-refractivity contribution in [2.45, 2.75) is 26.4 Å². The lowest BCUT2D eigenvalue weighted by Gasteiger charge is -2.27. The minimum atomic E-state index is -1.16. The summed E-state index contributed by atoms with van der Waals surface area (Å²) in [7, 11) is 0. The van der Waals surface area contributed by atoms with Crippen LogP contribution in [-0.2, 0) is 19.5 Å². The Labute approximate surface area is 173 Å². The van der Waals surface area contributed by atoms with Crippen LogP contribution in [0, 0.1) is 18.6 Å². The molecule has 1 aliphatic rings. The number of nitrogens with one attached hydrogen (secondary N) is 2. The number of aromatic nitrogens is 4. The van der Waals surface area contributed by atoms with E-state index in [-0.39, 0.29) is 36.5 Å². The smallest absolute Gasteiger partial charge is 0.272 e. The van der Waals surface area contributed by atoms with E-state index >= 15 is 0 Å². The van der Waals surface area contributed by atoms with E-state index in [9.17, 15) is 18.4 Å². The molecule has 12 heteroatoms. The molecule has 0 bridgehead atoms. The first-order chi connectivity index (χ1) is 14.3. The largest absolute Gasteiger partial charge is 0.374 e. The second-order valence-electron chi connectivity index (χ2n) is 6.78. The van der Waals surface area contributed by atoms with E-state index in [2.05, 4.69) is 25.7 Å². The van der Waals surface area contributed by atoms with E-state index < -0.39 is 23.4 Å². The van der Waals surface area contributed by atoms with Crippen LogP contribution >= 0.6 is 11.3 Å². The van der Waals surface area contributed by atoms with Crippen LogP contribution in [0.1, 0.15) is 42.7 Å². The number of nitrogens with two attached hydrogens (primary N) is 1. The first kappa shape index (κ1) is 19.9. The monoisotopic (exact) mass is 433 g/mol. The fraction of sp³-hybridized carbons (Fsp3) is 0.278. The van der Waals surface area contributed by atoms with Crippen molar-refractivity contribution in [3.8, 4) is 0 Å². The van der Waals surface area contributed by atoms with Gasteiger partial charge in [0.1, 0.15) is 5.01 Å². The number of carbonyl (C=O) groups is 2. The lowest BCUT2D eigenvalue weighted by molar-refractivity contribution is 0.0726. The third kappa shape index (κ3) is 3.61. The Bertz CT molecular complexity index is 1140. The van der Waals surface area contributed by atoms with Gasteiger partial charge in [-0.3, -0.25) is 14.7 Å². The molecule has 2 aromatic heterocycles. The summed E-state index contributed by atoms with van der Waals surface area (Å²) in [6, 6.07) is 2.64. The topological polar surface area (TPSA) is 130 Å². The summed E-state index contributed by atoms with van der Waals surface area (Å²) in [5, 5.41) is 17.9. The molecule has 0 radical (unpaired) electrons. The van der Waals surface area contributed by atoms with Gasteiger partial charge in [0, 0.05) is 12.1 Å². The standard InChI is InChI=1S/C18H17F2N7O2S/c1-8-2-3-10(14(20)13(8)19)17(29)27-5-4-9-11(7-27)23-25-15(9)16(28)22-6-12-24-26-18(21)30-12/h2-3H,4-7H2,1H3,(H2,21,26)(H,22,28)(H,23,25). The van der Waals surface area contributed by atoms with Gasteiger partial charge in [-0.2, -0.15) is 5.10 Å². The van der Waals surface area contributed by atoms with Crippen molar-refractivity contribution in [2.24, 2.45) is 0 Å². The van der Waals surface area contributed by atoms with Gasteiger partial charge >= 0.3 is 0 Å². The molecular formula is C18H17F2N7O2S. The SMILES string of the molecule is Cc1ccc(C(=O)N2CCc3c(C(=O)NCc4nnc(N)s4)n[nH]c3C2)c(F)c1F. The second-order valence-corrected chi connectivity index (χ2v) is 7.87. The third-order valence-corrected chi connectivity index (χ3v) is 5.58. The molecule has 3 aromatic rings. The molecule has 0 unspecified atom stereocenters. The zero-order valence-corrected chi connectivity index (χ0v) is 16.6. The number of hydrogen-bond donors (Lipinski definition) is 3. The Kier molecular flexibility index (Phi) is 5.16. The Morgan fingerprint density at radius 3 is 2.83 bits per heavy atom. The fourth-order valence-electron chi connectivity index (χ4n) is 3.24. The predicted octanol–water partition coefficient (Wildman–Crippen LogP) is 1.56. The summed E-state index contributed by atoms with van der Waals surface area (Å²) in [4.78, 5) is 26.5. The summed E-state index contributed by atoms with van der Waals surface area (Å²) >= 11 is 1.17. The van der Waals surface area contributed by atoms with Gasteiger partial charge in [0.25, 0.3) is 11.8 Å². The van der Waals surface area contributed by atoms with E-state index in [1.807, 2.05) is 0 Å². The Morgan fingerprint density at radius 1 is 1.30 bits per heavy atom. The van der Waals surface area contributed by atoms with Gasteiger partial charge in [0.15, 0.2) is 17.3 Å². The molecule has 156 valence electrons. The van der Waals surface area contributed by atoms with Gasteiger partial charge in [-0.1, -0.05) is 17.4 Å². The van der Waals surface area contributed by atoms with E-state index in [0.29, 0.717) is 27.8 Å². The van der Waals surface area contributed by atoms with Gasteiger partial charge in [-0.05, 0) is 25.0 Å². The maximum Gasteiger partial charge on any atom is 0.272 e. The fourth-order valence-corrected chi connectivity index (χ4v) is 3.79. The first-order valence-electron chi connectivity index (χ1n) is 9.01. The second kappa shape index (κ2) is 7.78. The summed E-state index contributed by atoms with van der Waals surface area (Å²) in [6.45, 7) is 1.94. The molecule has 0 atom stereocenters. The van der Waals surface area contributed by atoms with Gasteiger partial charge < -0.3 is 16.0 Å². The average molecular weight is 433 g/mol. The number of nitrogen functional groups attached to an aromatic ring is 1. The molecule has 0 spiro atoms. The lowest BCUT2D eigenvalue weighted by atomic mass is 10.0. The molecule has 4 N–H and O–H groups in total. The number of aromatic amines is 1. The van der Waals surface area contributed by atoms with Crippen LogP contribution in [0.15, 0.2) is 12.1 Å². The molecule has 3 heterocycles. The molecule has 0 saturated carbocycles. The van der Waals surface area contributed by atoms with Crippen molar-refractivity contribution >= 4 is 28.3 Å². The highest BCUT2D eigenvalue weighted by Crippen LogP contribution is 2.24. The molecule has 4 rings (SSSR count). The van der Waals surface area contributed by atoms with Crippen LogP contribution in [0.2, 0.25) is 0 Å². The van der Waals surface area contributed by atoms with Crippen molar-refractivity contribution in [1.29, 1.82) is 0 Å². The van der Waals surface area contributed by atoms with Crippen molar-refractivity contribution in [3.63, 3.8) is 0 Å². The van der Waals surface area contributed by atoms with Crippen LogP contribution in [0.3, 0.4) is 0 Å². The number of rotatable bonds is 4. The number of halogens is 2. The molecule has 2 amide bonds. The molecule has 1 aliphatic heterocycles. The summed E-state index contributed by atoms with van der Waals surface area (Å²) in [5.41, 5.74) is 6.80. The van der Waals surface area contributed by atoms with E-state index in [1.54, 1.807) is 0 Å². The highest BCUT2D eigenvalue weighted by molar-refractivity contribution is 7.15. The van der Waals surface area contributed by atoms with E-state index in [0.717, 1.165) is 0 Å². The number of amides is 2. The van der Waals surface area contributed by atoms with Gasteiger partial charge in [0.2, 0.25) is 5.13 Å². The summed E-state index contributed by atoms with van der Waals surface area (Å²) in [6.07, 6.45) is 0.349. The quantitative estimate of drug-likeness (QED) is 0.573. The number of carbonyl (C=O) groups excluding carboxylic acids is 2. The number of H-pyrrole nitrogens is 1. The van der Waals surface area contributed by atoms with Crippen molar-refractivity contribution in [2.75, 3.05) is 12.3 Å². The zero-order valence-electron chi connectivity index (χ0n) is 15.8. The van der Waals surface area contributed by atoms with Crippen molar-refractivity contribution in [1.82, 2.24) is 30.6 Å². The van der Waals surface area contributed by atoms with Crippen molar-refractivity contribution in [3.05, 3.63) is 56.9 Å². The normalized spacial score (nSPS) is 13.2. The highest BCUT2D eigenvalue weighted by atomic mass is 32.1. The number of benzene rings is 1. The van der Waals surface area contributed by atoms with Crippen LogP contribution in [0.5, 0.6) is 0 Å². The van der Waals surface area contributed by atoms with Crippen LogP contribution < -0.4 is 11.1 Å². The van der Waals surface area contributed by atoms with Gasteiger partial charge in [-0.15, -0.1) is 10.2 Å². The molecule has 9 nitrogen and oxygen atoms in total. The van der Waals surface area contributed by atoms with Crippen LogP contribution in [0.25, 0.3) is 0 Å². The number of nitrogens with zero attached hydrogens (tertiary/aromatic N) is 4. The molecule has 0 fully saturated rings. The molecule has 0 aliphatic carbocycles. The Balaban J connectivity index is 1.46. The maximum absolute atomic E-state index is 14.2. The first-order valence-corrected chi connectivity index (χ1v) is 9.83. The van der Waals surface area contributed by atoms with Gasteiger partial charge in [-0.25, -0.2) is 8.78 Å². The summed E-state index contributed by atoms with van der Waals surface area (Å²) < 4.78 is 28.0. The number of aryl methyl sites for hydroxylation is 1.